The second-order valence-electron chi connectivity index (χ2n) is 7.13. The molecule has 1 aromatic heterocycles. The molecule has 0 aliphatic carbocycles. The largest absolute Gasteiger partial charge is 0.459 e. The zero-order chi connectivity index (χ0) is 20.2. The molecule has 2 aromatic carbocycles. The monoisotopic (exact) mass is 408 g/mol. The lowest BCUT2D eigenvalue weighted by Gasteiger charge is -2.24. The molecule has 0 radical (unpaired) electrons. The van der Waals surface area contributed by atoms with Gasteiger partial charge in [-0.1, -0.05) is 58.7 Å². The van der Waals surface area contributed by atoms with Gasteiger partial charge in [-0.25, -0.2) is 0 Å². The van der Waals surface area contributed by atoms with Crippen LogP contribution in [0.15, 0.2) is 76.5 Å². The second kappa shape index (κ2) is 8.53. The molecular formula is C23H21ClN2O3. The highest BCUT2D eigenvalue weighted by Gasteiger charge is 2.28. The normalized spacial score (nSPS) is 15.7. The van der Waals surface area contributed by atoms with Crippen molar-refractivity contribution in [1.82, 2.24) is 4.90 Å². The van der Waals surface area contributed by atoms with Gasteiger partial charge in [-0.2, -0.15) is 0 Å². The number of furan rings is 1. The van der Waals surface area contributed by atoms with Crippen molar-refractivity contribution in [2.75, 3.05) is 6.54 Å². The lowest BCUT2D eigenvalue weighted by atomic mass is 10.0. The molecule has 6 heteroatoms. The van der Waals surface area contributed by atoms with Gasteiger partial charge in [0, 0.05) is 18.0 Å². The van der Waals surface area contributed by atoms with Gasteiger partial charge in [0.25, 0.3) is 5.91 Å². The van der Waals surface area contributed by atoms with E-state index in [1.807, 2.05) is 43.3 Å². The summed E-state index contributed by atoms with van der Waals surface area (Å²) in [4.78, 5) is 20.3. The van der Waals surface area contributed by atoms with Gasteiger partial charge in [0.15, 0.2) is 11.9 Å². The number of benzene rings is 2. The highest BCUT2D eigenvalue weighted by Crippen LogP contribution is 2.21. The van der Waals surface area contributed by atoms with E-state index in [0.29, 0.717) is 30.3 Å². The van der Waals surface area contributed by atoms with Crippen molar-refractivity contribution in [3.05, 3.63) is 94.4 Å². The molecule has 3 aromatic rings. The molecule has 4 rings (SSSR count). The Morgan fingerprint density at radius 3 is 2.72 bits per heavy atom. The summed E-state index contributed by atoms with van der Waals surface area (Å²) in [6, 6.07) is 19.0. The molecule has 1 atom stereocenters. The molecule has 0 saturated carbocycles. The molecule has 5 nitrogen and oxygen atoms in total. The summed E-state index contributed by atoms with van der Waals surface area (Å²) >= 11 is 6.11. The summed E-state index contributed by atoms with van der Waals surface area (Å²) in [5.74, 6) is 0.104. The predicted molar refractivity (Wildman–Crippen MR) is 112 cm³/mol. The molecule has 0 unspecified atom stereocenters. The van der Waals surface area contributed by atoms with Crippen LogP contribution in [0, 0.1) is 6.92 Å². The van der Waals surface area contributed by atoms with E-state index in [1.54, 1.807) is 17.0 Å². The molecule has 148 valence electrons. The van der Waals surface area contributed by atoms with Crippen LogP contribution in [0.4, 0.5) is 0 Å². The van der Waals surface area contributed by atoms with Gasteiger partial charge in [-0.05, 0) is 42.3 Å². The zero-order valence-electron chi connectivity index (χ0n) is 16.0. The van der Waals surface area contributed by atoms with Crippen LogP contribution in [0.5, 0.6) is 0 Å². The van der Waals surface area contributed by atoms with Gasteiger partial charge in [-0.15, -0.1) is 0 Å². The van der Waals surface area contributed by atoms with Crippen LogP contribution in [0.1, 0.15) is 33.7 Å². The van der Waals surface area contributed by atoms with Crippen molar-refractivity contribution in [3.63, 3.8) is 0 Å². The van der Waals surface area contributed by atoms with E-state index in [-0.39, 0.29) is 12.0 Å². The number of aryl methyl sites for hydroxylation is 1. The summed E-state index contributed by atoms with van der Waals surface area (Å²) in [5.41, 5.74) is 4.07. The standard InChI is InChI=1S/C23H21ClN2O3/c1-16-7-9-18(10-8-16)21-13-20(29-25-21)15-26(23(27)22-6-3-11-28-22)14-17-4-2-5-19(24)12-17/h2-12,20H,13-15H2,1H3/t20-/m0/s1. The third kappa shape index (κ3) is 4.69. The van der Waals surface area contributed by atoms with Gasteiger partial charge in [0.05, 0.1) is 18.5 Å². The molecule has 1 aliphatic heterocycles. The van der Waals surface area contributed by atoms with Crippen LogP contribution in [0.2, 0.25) is 5.02 Å². The minimum Gasteiger partial charge on any atom is -0.459 e. The summed E-state index contributed by atoms with van der Waals surface area (Å²) < 4.78 is 5.32. The van der Waals surface area contributed by atoms with Crippen molar-refractivity contribution in [2.24, 2.45) is 5.16 Å². The van der Waals surface area contributed by atoms with Crippen LogP contribution in [0.3, 0.4) is 0 Å². The van der Waals surface area contributed by atoms with Crippen LogP contribution >= 0.6 is 11.6 Å². The Morgan fingerprint density at radius 1 is 1.17 bits per heavy atom. The maximum absolute atomic E-state index is 13.0. The van der Waals surface area contributed by atoms with Crippen molar-refractivity contribution < 1.29 is 14.0 Å². The topological polar surface area (TPSA) is 55.0 Å². The molecule has 0 spiro atoms. The van der Waals surface area contributed by atoms with Crippen LogP contribution in [0.25, 0.3) is 0 Å². The van der Waals surface area contributed by atoms with E-state index in [0.717, 1.165) is 16.8 Å². The van der Waals surface area contributed by atoms with E-state index in [9.17, 15) is 4.79 Å². The van der Waals surface area contributed by atoms with Crippen molar-refractivity contribution in [2.45, 2.75) is 26.0 Å². The molecule has 0 saturated heterocycles. The fraction of sp³-hybridized carbons (Fsp3) is 0.217. The molecule has 0 bridgehead atoms. The van der Waals surface area contributed by atoms with Crippen LogP contribution in [-0.2, 0) is 11.4 Å². The summed E-state index contributed by atoms with van der Waals surface area (Å²) in [5, 5.41) is 4.88. The van der Waals surface area contributed by atoms with E-state index in [2.05, 4.69) is 17.3 Å². The first kappa shape index (κ1) is 19.3. The summed E-state index contributed by atoms with van der Waals surface area (Å²) in [6.07, 6.45) is 1.92. The van der Waals surface area contributed by atoms with Gasteiger partial charge >= 0.3 is 0 Å². The Bertz CT molecular complexity index is 1010. The number of hydrogen-bond donors (Lipinski definition) is 0. The zero-order valence-corrected chi connectivity index (χ0v) is 16.8. The Morgan fingerprint density at radius 2 is 2.00 bits per heavy atom. The van der Waals surface area contributed by atoms with E-state index in [1.165, 1.54) is 11.8 Å². The lowest BCUT2D eigenvalue weighted by molar-refractivity contribution is 0.0387. The molecule has 1 aliphatic rings. The van der Waals surface area contributed by atoms with E-state index in [4.69, 9.17) is 20.9 Å². The fourth-order valence-corrected chi connectivity index (χ4v) is 3.53. The fourth-order valence-electron chi connectivity index (χ4n) is 3.32. The van der Waals surface area contributed by atoms with Gasteiger partial charge in [0.2, 0.25) is 0 Å². The second-order valence-corrected chi connectivity index (χ2v) is 7.56. The van der Waals surface area contributed by atoms with Gasteiger partial charge < -0.3 is 14.2 Å². The number of halogens is 1. The molecule has 0 fully saturated rings. The number of carbonyl (C=O) groups excluding carboxylic acids is 1. The minimum atomic E-state index is -0.218. The number of amides is 1. The number of hydrogen-bond acceptors (Lipinski definition) is 4. The van der Waals surface area contributed by atoms with Gasteiger partial charge in [-0.3, -0.25) is 4.79 Å². The summed E-state index contributed by atoms with van der Waals surface area (Å²) in [6.45, 7) is 2.85. The van der Waals surface area contributed by atoms with Gasteiger partial charge in [0.1, 0.15) is 0 Å². The first-order valence-corrected chi connectivity index (χ1v) is 9.83. The Kier molecular flexibility index (Phi) is 5.67. The highest BCUT2D eigenvalue weighted by atomic mass is 35.5. The average molecular weight is 409 g/mol. The van der Waals surface area contributed by atoms with E-state index >= 15 is 0 Å². The third-order valence-electron chi connectivity index (χ3n) is 4.82. The molecular weight excluding hydrogens is 388 g/mol. The Balaban J connectivity index is 1.48. The van der Waals surface area contributed by atoms with Crippen molar-refractivity contribution in [1.29, 1.82) is 0 Å². The average Bonchev–Trinajstić information content (AvgIpc) is 3.40. The van der Waals surface area contributed by atoms with Crippen molar-refractivity contribution >= 4 is 23.2 Å². The summed E-state index contributed by atoms with van der Waals surface area (Å²) in [7, 11) is 0. The first-order valence-electron chi connectivity index (χ1n) is 9.45. The molecule has 0 N–H and O–H groups in total. The van der Waals surface area contributed by atoms with Crippen molar-refractivity contribution in [3.8, 4) is 0 Å². The SMILES string of the molecule is Cc1ccc(C2=NO[C@H](CN(Cc3cccc(Cl)c3)C(=O)c3ccco3)C2)cc1. The lowest BCUT2D eigenvalue weighted by Crippen LogP contribution is -2.37. The Hall–Kier alpha value is -3.05. The smallest absolute Gasteiger partial charge is 0.289 e. The minimum absolute atomic E-state index is 0.192. The van der Waals surface area contributed by atoms with Crippen LogP contribution in [-0.4, -0.2) is 29.2 Å². The number of nitrogens with zero attached hydrogens (tertiary/aromatic N) is 2. The molecule has 2 heterocycles. The molecule has 1 amide bonds. The first-order chi connectivity index (χ1) is 14.1. The highest BCUT2D eigenvalue weighted by molar-refractivity contribution is 6.30. The molecule has 29 heavy (non-hydrogen) atoms. The van der Waals surface area contributed by atoms with E-state index < -0.39 is 0 Å². The maximum atomic E-state index is 13.0. The Labute approximate surface area is 174 Å². The predicted octanol–water partition coefficient (Wildman–Crippen LogP) is 5.08. The third-order valence-corrected chi connectivity index (χ3v) is 5.06. The number of rotatable bonds is 6. The number of oxime groups is 1. The maximum Gasteiger partial charge on any atom is 0.289 e. The number of carbonyl (C=O) groups is 1. The quantitative estimate of drug-likeness (QED) is 0.571. The van der Waals surface area contributed by atoms with Crippen LogP contribution < -0.4 is 0 Å².